The van der Waals surface area contributed by atoms with Crippen LogP contribution in [0.5, 0.6) is 11.5 Å². The summed E-state index contributed by atoms with van der Waals surface area (Å²) in [5, 5.41) is 4.99. The molecule has 0 spiro atoms. The summed E-state index contributed by atoms with van der Waals surface area (Å²) in [5.41, 5.74) is 1.08. The van der Waals surface area contributed by atoms with Gasteiger partial charge in [-0.15, -0.1) is 0 Å². The minimum Gasteiger partial charge on any atom is -0.493 e. The van der Waals surface area contributed by atoms with Crippen LogP contribution in [0.1, 0.15) is 39.1 Å². The van der Waals surface area contributed by atoms with Gasteiger partial charge >= 0.3 is 0 Å². The van der Waals surface area contributed by atoms with Crippen molar-refractivity contribution < 1.29 is 9.47 Å². The number of methoxy groups -OCH3 is 1. The van der Waals surface area contributed by atoms with Gasteiger partial charge in [0.1, 0.15) is 5.82 Å². The van der Waals surface area contributed by atoms with Crippen molar-refractivity contribution in [1.82, 2.24) is 9.66 Å². The molecular weight excluding hydrogens is 526 g/mol. The lowest BCUT2D eigenvalue weighted by molar-refractivity contribution is 0.191. The van der Waals surface area contributed by atoms with Crippen LogP contribution < -0.4 is 15.0 Å². The molecule has 0 amide bonds. The van der Waals surface area contributed by atoms with E-state index in [1.54, 1.807) is 19.4 Å². The van der Waals surface area contributed by atoms with Crippen LogP contribution in [0.25, 0.3) is 10.9 Å². The summed E-state index contributed by atoms with van der Waals surface area (Å²) in [7, 11) is 1.59. The summed E-state index contributed by atoms with van der Waals surface area (Å²) in [6, 6.07) is 9.18. The van der Waals surface area contributed by atoms with Crippen molar-refractivity contribution in [2.45, 2.75) is 34.1 Å². The Morgan fingerprint density at radius 2 is 1.90 bits per heavy atom. The Balaban J connectivity index is 2.13. The quantitative estimate of drug-likeness (QED) is 0.364. The van der Waals surface area contributed by atoms with Gasteiger partial charge in [-0.1, -0.05) is 59.6 Å². The Bertz CT molecular complexity index is 1200. The zero-order chi connectivity index (χ0) is 22.8. The molecule has 0 saturated carbocycles. The summed E-state index contributed by atoms with van der Waals surface area (Å²) in [5.74, 6) is 1.74. The second kappa shape index (κ2) is 9.53. The van der Waals surface area contributed by atoms with Crippen LogP contribution in [-0.4, -0.2) is 29.6 Å². The lowest BCUT2D eigenvalue weighted by atomic mass is 9.98. The van der Waals surface area contributed by atoms with E-state index in [-0.39, 0.29) is 11.0 Å². The minimum atomic E-state index is -0.224. The van der Waals surface area contributed by atoms with Crippen molar-refractivity contribution in [3.63, 3.8) is 0 Å². The van der Waals surface area contributed by atoms with Crippen molar-refractivity contribution in [3.8, 4) is 11.5 Å². The van der Waals surface area contributed by atoms with Crippen molar-refractivity contribution in [2.24, 2.45) is 10.5 Å². The predicted molar refractivity (Wildman–Crippen MR) is 132 cm³/mol. The summed E-state index contributed by atoms with van der Waals surface area (Å²) in [4.78, 5) is 17.8. The number of hydrogen-bond donors (Lipinski definition) is 0. The fraction of sp³-hybridized carbons (Fsp3) is 0.348. The van der Waals surface area contributed by atoms with E-state index < -0.39 is 0 Å². The van der Waals surface area contributed by atoms with E-state index in [0.717, 1.165) is 8.95 Å². The molecule has 0 radical (unpaired) electrons. The molecule has 2 aromatic carbocycles. The van der Waals surface area contributed by atoms with E-state index in [1.807, 2.05) is 31.2 Å². The van der Waals surface area contributed by atoms with Gasteiger partial charge in [-0.3, -0.25) is 4.79 Å². The summed E-state index contributed by atoms with van der Waals surface area (Å²) < 4.78 is 14.6. The number of benzene rings is 2. The highest BCUT2D eigenvalue weighted by molar-refractivity contribution is 9.10. The smallest absolute Gasteiger partial charge is 0.282 e. The Morgan fingerprint density at radius 1 is 1.16 bits per heavy atom. The van der Waals surface area contributed by atoms with E-state index in [1.165, 1.54) is 4.68 Å². The third-order valence-electron chi connectivity index (χ3n) is 4.42. The SMILES string of the molecule is CCc1nc2ccc(Br)cc2c(=O)n1N=Cc1cc(Br)cc(OC)c1OCC(C)(C)C. The van der Waals surface area contributed by atoms with Crippen molar-refractivity contribution in [2.75, 3.05) is 13.7 Å². The number of ether oxygens (including phenoxy) is 2. The highest BCUT2D eigenvalue weighted by atomic mass is 79.9. The molecule has 6 nitrogen and oxygen atoms in total. The number of fused-ring (bicyclic) bond motifs is 1. The molecule has 0 bridgehead atoms. The number of halogens is 2. The fourth-order valence-electron chi connectivity index (χ4n) is 2.94. The first-order valence-electron chi connectivity index (χ1n) is 9.89. The predicted octanol–water partition coefficient (Wildman–Crippen LogP) is 5.80. The molecule has 31 heavy (non-hydrogen) atoms. The number of hydrogen-bond acceptors (Lipinski definition) is 5. The van der Waals surface area contributed by atoms with Crippen LogP contribution in [-0.2, 0) is 6.42 Å². The van der Waals surface area contributed by atoms with Gasteiger partial charge in [0.25, 0.3) is 5.56 Å². The Hall–Kier alpha value is -2.19. The standard InChI is InChI=1S/C23H25Br2N3O3/c1-6-20-27-18-8-7-15(24)10-17(18)22(29)28(20)26-12-14-9-16(25)11-19(30-5)21(14)31-13-23(2,3)4/h7-12H,6,13H2,1-5H3. The maximum Gasteiger partial charge on any atom is 0.282 e. The molecule has 0 unspecified atom stereocenters. The average Bonchev–Trinajstić information content (AvgIpc) is 2.71. The van der Waals surface area contributed by atoms with Crippen LogP contribution in [0.4, 0.5) is 0 Å². The topological polar surface area (TPSA) is 65.7 Å². The molecule has 0 N–H and O–H groups in total. The molecule has 0 atom stereocenters. The minimum absolute atomic E-state index is 0.0333. The van der Waals surface area contributed by atoms with Crippen molar-refractivity contribution in [1.29, 1.82) is 0 Å². The lowest BCUT2D eigenvalue weighted by Gasteiger charge is -2.21. The maximum absolute atomic E-state index is 13.1. The van der Waals surface area contributed by atoms with Crippen molar-refractivity contribution in [3.05, 3.63) is 61.0 Å². The van der Waals surface area contributed by atoms with Gasteiger partial charge in [-0.05, 0) is 35.7 Å². The normalized spacial score (nSPS) is 12.0. The lowest BCUT2D eigenvalue weighted by Crippen LogP contribution is -2.22. The van der Waals surface area contributed by atoms with Gasteiger partial charge in [0.2, 0.25) is 0 Å². The van der Waals surface area contributed by atoms with Crippen LogP contribution >= 0.6 is 31.9 Å². The van der Waals surface area contributed by atoms with Crippen LogP contribution in [0.2, 0.25) is 0 Å². The maximum atomic E-state index is 13.1. The van der Waals surface area contributed by atoms with Crippen LogP contribution in [0.3, 0.4) is 0 Å². The Kier molecular flexibility index (Phi) is 7.21. The molecule has 1 heterocycles. The molecule has 3 aromatic rings. The summed E-state index contributed by atoms with van der Waals surface area (Å²) >= 11 is 6.92. The molecule has 0 saturated heterocycles. The van der Waals surface area contributed by atoms with Gasteiger partial charge in [0, 0.05) is 20.9 Å². The van der Waals surface area contributed by atoms with E-state index in [4.69, 9.17) is 9.47 Å². The highest BCUT2D eigenvalue weighted by Crippen LogP contribution is 2.35. The molecule has 0 aliphatic heterocycles. The van der Waals surface area contributed by atoms with Crippen molar-refractivity contribution >= 4 is 49.0 Å². The molecule has 0 aliphatic carbocycles. The van der Waals surface area contributed by atoms with E-state index in [0.29, 0.717) is 46.8 Å². The van der Waals surface area contributed by atoms with Gasteiger partial charge in [-0.2, -0.15) is 9.78 Å². The largest absolute Gasteiger partial charge is 0.493 e. The first-order valence-corrected chi connectivity index (χ1v) is 11.5. The number of aromatic nitrogens is 2. The van der Waals surface area contributed by atoms with Crippen LogP contribution in [0, 0.1) is 5.41 Å². The molecule has 8 heteroatoms. The molecule has 3 rings (SSSR count). The van der Waals surface area contributed by atoms with Gasteiger partial charge in [0.05, 0.1) is 30.8 Å². The average molecular weight is 551 g/mol. The third kappa shape index (κ3) is 5.54. The second-order valence-electron chi connectivity index (χ2n) is 8.28. The number of rotatable bonds is 6. The Morgan fingerprint density at radius 3 is 2.55 bits per heavy atom. The molecular formula is C23H25Br2N3O3. The zero-order valence-electron chi connectivity index (χ0n) is 18.2. The van der Waals surface area contributed by atoms with Gasteiger partial charge in [0.15, 0.2) is 11.5 Å². The molecule has 0 fully saturated rings. The summed E-state index contributed by atoms with van der Waals surface area (Å²) in [6.45, 7) is 8.73. The van der Waals surface area contributed by atoms with E-state index >= 15 is 0 Å². The Labute approximate surface area is 198 Å². The van der Waals surface area contributed by atoms with Gasteiger partial charge < -0.3 is 9.47 Å². The number of aryl methyl sites for hydroxylation is 1. The highest BCUT2D eigenvalue weighted by Gasteiger charge is 2.17. The van der Waals surface area contributed by atoms with Crippen LogP contribution in [0.15, 0.2) is 49.2 Å². The zero-order valence-corrected chi connectivity index (χ0v) is 21.4. The molecule has 1 aromatic heterocycles. The van der Waals surface area contributed by atoms with Gasteiger partial charge in [-0.25, -0.2) is 4.98 Å². The number of nitrogens with zero attached hydrogens (tertiary/aromatic N) is 3. The molecule has 164 valence electrons. The monoisotopic (exact) mass is 549 g/mol. The fourth-order valence-corrected chi connectivity index (χ4v) is 3.76. The van der Waals surface area contributed by atoms with E-state index in [9.17, 15) is 4.79 Å². The second-order valence-corrected chi connectivity index (χ2v) is 10.1. The first-order chi connectivity index (χ1) is 14.6. The first kappa shape index (κ1) is 23.5. The summed E-state index contributed by atoms with van der Waals surface area (Å²) in [6.07, 6.45) is 2.17. The van der Waals surface area contributed by atoms with E-state index in [2.05, 4.69) is 62.7 Å². The third-order valence-corrected chi connectivity index (χ3v) is 5.37. The molecule has 0 aliphatic rings.